The lowest BCUT2D eigenvalue weighted by molar-refractivity contribution is -0.113. The van der Waals surface area contributed by atoms with Crippen LogP contribution in [0.15, 0.2) is 48.5 Å². The van der Waals surface area contributed by atoms with E-state index in [1.54, 1.807) is 51.5 Å². The van der Waals surface area contributed by atoms with E-state index in [1.165, 1.54) is 6.08 Å². The molecule has 0 saturated carbocycles. The molecular formula is C19H21NO4. The molecule has 0 aliphatic carbocycles. The topological polar surface area (TPSA) is 48.0 Å². The maximum absolute atomic E-state index is 12.3. The average molecular weight is 327 g/mol. The highest BCUT2D eigenvalue weighted by atomic mass is 16.5. The number of hydrogen-bond donors (Lipinski definition) is 0. The summed E-state index contributed by atoms with van der Waals surface area (Å²) in [5, 5.41) is 0. The van der Waals surface area contributed by atoms with Gasteiger partial charge in [0, 0.05) is 18.8 Å². The predicted octanol–water partition coefficient (Wildman–Crippen LogP) is 3.39. The minimum absolute atomic E-state index is 0.130. The SMILES string of the molecule is COc1cc(/C=C/C(=O)N(C)c2ccccc2)cc(OC)c1OC. The van der Waals surface area contributed by atoms with Crippen molar-refractivity contribution in [3.05, 3.63) is 54.1 Å². The van der Waals surface area contributed by atoms with E-state index in [0.717, 1.165) is 11.3 Å². The first-order valence-electron chi connectivity index (χ1n) is 7.41. The summed E-state index contributed by atoms with van der Waals surface area (Å²) in [4.78, 5) is 13.9. The zero-order valence-electron chi connectivity index (χ0n) is 14.3. The quantitative estimate of drug-likeness (QED) is 0.763. The zero-order valence-corrected chi connectivity index (χ0v) is 14.3. The highest BCUT2D eigenvalue weighted by molar-refractivity contribution is 6.03. The number of hydrogen-bond acceptors (Lipinski definition) is 4. The van der Waals surface area contributed by atoms with Gasteiger partial charge in [0.15, 0.2) is 11.5 Å². The third-order valence-electron chi connectivity index (χ3n) is 3.58. The number of rotatable bonds is 6. The molecule has 5 heteroatoms. The summed E-state index contributed by atoms with van der Waals surface area (Å²) in [6, 6.07) is 13.0. The van der Waals surface area contributed by atoms with Crippen LogP contribution in [0.25, 0.3) is 6.08 Å². The minimum atomic E-state index is -0.130. The number of likely N-dealkylation sites (N-methyl/N-ethyl adjacent to an activating group) is 1. The van der Waals surface area contributed by atoms with Gasteiger partial charge >= 0.3 is 0 Å². The molecule has 0 radical (unpaired) electrons. The van der Waals surface area contributed by atoms with Gasteiger partial charge in [-0.25, -0.2) is 0 Å². The fraction of sp³-hybridized carbons (Fsp3) is 0.211. The van der Waals surface area contributed by atoms with E-state index in [-0.39, 0.29) is 5.91 Å². The minimum Gasteiger partial charge on any atom is -0.493 e. The molecule has 0 spiro atoms. The molecule has 1 amide bonds. The second kappa shape index (κ2) is 8.06. The van der Waals surface area contributed by atoms with E-state index in [4.69, 9.17) is 14.2 Å². The van der Waals surface area contributed by atoms with Crippen molar-refractivity contribution in [2.24, 2.45) is 0 Å². The highest BCUT2D eigenvalue weighted by Gasteiger charge is 2.12. The second-order valence-corrected chi connectivity index (χ2v) is 5.02. The third kappa shape index (κ3) is 3.87. The summed E-state index contributed by atoms with van der Waals surface area (Å²) < 4.78 is 15.9. The van der Waals surface area contributed by atoms with Crippen LogP contribution in [0, 0.1) is 0 Å². The Hall–Kier alpha value is -2.95. The Balaban J connectivity index is 2.23. The lowest BCUT2D eigenvalue weighted by atomic mass is 10.1. The van der Waals surface area contributed by atoms with Crippen molar-refractivity contribution >= 4 is 17.7 Å². The molecule has 2 rings (SSSR count). The van der Waals surface area contributed by atoms with Crippen LogP contribution in [-0.4, -0.2) is 34.3 Å². The monoisotopic (exact) mass is 327 g/mol. The van der Waals surface area contributed by atoms with Gasteiger partial charge in [-0.3, -0.25) is 4.79 Å². The van der Waals surface area contributed by atoms with Gasteiger partial charge in [0.1, 0.15) is 0 Å². The van der Waals surface area contributed by atoms with Gasteiger partial charge in [-0.2, -0.15) is 0 Å². The fourth-order valence-corrected chi connectivity index (χ4v) is 2.26. The number of carbonyl (C=O) groups excluding carboxylic acids is 1. The molecule has 126 valence electrons. The molecule has 0 atom stereocenters. The van der Waals surface area contributed by atoms with Crippen molar-refractivity contribution in [1.82, 2.24) is 0 Å². The van der Waals surface area contributed by atoms with Gasteiger partial charge < -0.3 is 19.1 Å². The molecule has 0 bridgehead atoms. The second-order valence-electron chi connectivity index (χ2n) is 5.02. The fourth-order valence-electron chi connectivity index (χ4n) is 2.26. The maximum atomic E-state index is 12.3. The van der Waals surface area contributed by atoms with Gasteiger partial charge in [-0.1, -0.05) is 18.2 Å². The number of amides is 1. The Morgan fingerprint density at radius 3 is 2.04 bits per heavy atom. The number of benzene rings is 2. The van der Waals surface area contributed by atoms with Crippen LogP contribution < -0.4 is 19.1 Å². The van der Waals surface area contributed by atoms with Gasteiger partial charge in [0.2, 0.25) is 5.75 Å². The van der Waals surface area contributed by atoms with Crippen LogP contribution in [0.3, 0.4) is 0 Å². The van der Waals surface area contributed by atoms with Gasteiger partial charge in [-0.15, -0.1) is 0 Å². The van der Waals surface area contributed by atoms with E-state index in [9.17, 15) is 4.79 Å². The molecule has 0 aromatic heterocycles. The highest BCUT2D eigenvalue weighted by Crippen LogP contribution is 2.38. The molecule has 0 fully saturated rings. The third-order valence-corrected chi connectivity index (χ3v) is 3.58. The van der Waals surface area contributed by atoms with Crippen molar-refractivity contribution in [2.75, 3.05) is 33.3 Å². The lowest BCUT2D eigenvalue weighted by Gasteiger charge is -2.15. The molecule has 0 heterocycles. The molecule has 0 N–H and O–H groups in total. The van der Waals surface area contributed by atoms with Crippen molar-refractivity contribution in [3.63, 3.8) is 0 Å². The Labute approximate surface area is 142 Å². The summed E-state index contributed by atoms with van der Waals surface area (Å²) >= 11 is 0. The Kier molecular flexibility index (Phi) is 5.84. The summed E-state index contributed by atoms with van der Waals surface area (Å²) in [5.74, 6) is 1.47. The molecule has 0 aliphatic rings. The Morgan fingerprint density at radius 1 is 0.958 bits per heavy atom. The van der Waals surface area contributed by atoms with Gasteiger partial charge in [0.05, 0.1) is 21.3 Å². The van der Waals surface area contributed by atoms with Crippen molar-refractivity contribution < 1.29 is 19.0 Å². The number of nitrogens with zero attached hydrogens (tertiary/aromatic N) is 1. The molecule has 0 saturated heterocycles. The molecule has 2 aromatic carbocycles. The van der Waals surface area contributed by atoms with Crippen LogP contribution in [0.5, 0.6) is 17.2 Å². The largest absolute Gasteiger partial charge is 0.493 e. The number of ether oxygens (including phenoxy) is 3. The first kappa shape index (κ1) is 17.4. The van der Waals surface area contributed by atoms with Crippen molar-refractivity contribution in [2.45, 2.75) is 0 Å². The van der Waals surface area contributed by atoms with Crippen LogP contribution in [0.1, 0.15) is 5.56 Å². The first-order valence-corrected chi connectivity index (χ1v) is 7.41. The first-order chi connectivity index (χ1) is 11.6. The summed E-state index contributed by atoms with van der Waals surface area (Å²) in [6.45, 7) is 0. The maximum Gasteiger partial charge on any atom is 0.250 e. The van der Waals surface area contributed by atoms with E-state index < -0.39 is 0 Å². The molecule has 24 heavy (non-hydrogen) atoms. The van der Waals surface area contributed by atoms with Crippen molar-refractivity contribution in [3.8, 4) is 17.2 Å². The summed E-state index contributed by atoms with van der Waals surface area (Å²) in [7, 11) is 6.39. The normalized spacial score (nSPS) is 10.5. The number of anilines is 1. The zero-order chi connectivity index (χ0) is 17.5. The van der Waals surface area contributed by atoms with Crippen LogP contribution >= 0.6 is 0 Å². The number of carbonyl (C=O) groups is 1. The summed E-state index contributed by atoms with van der Waals surface area (Å²) in [5.41, 5.74) is 1.61. The number of methoxy groups -OCH3 is 3. The molecular weight excluding hydrogens is 306 g/mol. The van der Waals surface area contributed by atoms with E-state index >= 15 is 0 Å². The molecule has 5 nitrogen and oxygen atoms in total. The van der Waals surface area contributed by atoms with Gasteiger partial charge in [0.25, 0.3) is 5.91 Å². The van der Waals surface area contributed by atoms with E-state index in [2.05, 4.69) is 0 Å². The number of para-hydroxylation sites is 1. The van der Waals surface area contributed by atoms with Gasteiger partial charge in [-0.05, 0) is 35.9 Å². The van der Waals surface area contributed by atoms with E-state index in [1.807, 2.05) is 30.3 Å². The predicted molar refractivity (Wildman–Crippen MR) is 95.0 cm³/mol. The Morgan fingerprint density at radius 2 is 1.54 bits per heavy atom. The van der Waals surface area contributed by atoms with Crippen molar-refractivity contribution in [1.29, 1.82) is 0 Å². The smallest absolute Gasteiger partial charge is 0.250 e. The lowest BCUT2D eigenvalue weighted by Crippen LogP contribution is -2.23. The molecule has 0 unspecified atom stereocenters. The van der Waals surface area contributed by atoms with Crippen LogP contribution in [0.4, 0.5) is 5.69 Å². The Bertz CT molecular complexity index is 700. The summed E-state index contributed by atoms with van der Waals surface area (Å²) in [6.07, 6.45) is 3.22. The standard InChI is InChI=1S/C19H21NO4/c1-20(15-8-6-5-7-9-15)18(21)11-10-14-12-16(22-2)19(24-4)17(13-14)23-3/h5-13H,1-4H3/b11-10+. The molecule has 2 aromatic rings. The molecule has 0 aliphatic heterocycles. The van der Waals surface area contributed by atoms with E-state index in [0.29, 0.717) is 17.2 Å². The van der Waals surface area contributed by atoms with Crippen LogP contribution in [-0.2, 0) is 4.79 Å². The average Bonchev–Trinajstić information content (AvgIpc) is 2.65. The van der Waals surface area contributed by atoms with Crippen LogP contribution in [0.2, 0.25) is 0 Å².